The highest BCUT2D eigenvalue weighted by Crippen LogP contribution is 2.32. The molecular weight excluding hydrogens is 394 g/mol. The molecule has 1 aliphatic rings. The summed E-state index contributed by atoms with van der Waals surface area (Å²) < 4.78 is 16.8. The van der Waals surface area contributed by atoms with E-state index >= 15 is 0 Å². The zero-order chi connectivity index (χ0) is 21.8. The van der Waals surface area contributed by atoms with E-state index in [2.05, 4.69) is 10.1 Å². The molecule has 0 aliphatic carbocycles. The largest absolute Gasteiger partial charge is 0.490 e. The number of nitrogens with zero attached hydrogens (tertiary/aromatic N) is 3. The molecule has 0 N–H and O–H groups in total. The van der Waals surface area contributed by atoms with Crippen LogP contribution in [0.2, 0.25) is 0 Å². The summed E-state index contributed by atoms with van der Waals surface area (Å²) in [4.78, 5) is 19.0. The van der Waals surface area contributed by atoms with Crippen LogP contribution >= 0.6 is 0 Å². The molecule has 1 aromatic heterocycles. The number of carbonyl (C=O) groups excluding carboxylic acids is 1. The van der Waals surface area contributed by atoms with Crippen LogP contribution < -0.4 is 9.47 Å². The molecule has 0 saturated carbocycles. The van der Waals surface area contributed by atoms with Gasteiger partial charge >= 0.3 is 0 Å². The van der Waals surface area contributed by atoms with Crippen LogP contribution in [-0.2, 0) is 11.3 Å². The maximum Gasteiger partial charge on any atom is 0.257 e. The average molecular weight is 421 g/mol. The van der Waals surface area contributed by atoms with E-state index in [0.29, 0.717) is 55.9 Å². The summed E-state index contributed by atoms with van der Waals surface area (Å²) >= 11 is 0. The van der Waals surface area contributed by atoms with Crippen LogP contribution in [0.4, 0.5) is 0 Å². The first-order chi connectivity index (χ1) is 15.1. The van der Waals surface area contributed by atoms with E-state index in [0.717, 1.165) is 11.1 Å². The van der Waals surface area contributed by atoms with Gasteiger partial charge in [0.1, 0.15) is 0 Å². The molecule has 7 heteroatoms. The van der Waals surface area contributed by atoms with Gasteiger partial charge in [0.15, 0.2) is 17.3 Å². The van der Waals surface area contributed by atoms with Crippen LogP contribution in [0.3, 0.4) is 0 Å². The Morgan fingerprint density at radius 1 is 1.06 bits per heavy atom. The summed E-state index contributed by atoms with van der Waals surface area (Å²) in [5, 5.41) is 4.14. The second-order valence-corrected chi connectivity index (χ2v) is 7.65. The molecule has 3 aromatic rings. The van der Waals surface area contributed by atoms with Crippen LogP contribution in [-0.4, -0.2) is 40.7 Å². The maximum atomic E-state index is 12.6. The molecule has 31 heavy (non-hydrogen) atoms. The van der Waals surface area contributed by atoms with Crippen molar-refractivity contribution in [1.82, 2.24) is 15.0 Å². The van der Waals surface area contributed by atoms with Gasteiger partial charge in [-0.25, -0.2) is 0 Å². The molecule has 1 aliphatic heterocycles. The molecule has 0 bridgehead atoms. The first kappa shape index (κ1) is 20.9. The lowest BCUT2D eigenvalue weighted by molar-refractivity contribution is -0.128. The van der Waals surface area contributed by atoms with Gasteiger partial charge in [0, 0.05) is 31.0 Å². The number of aryl methyl sites for hydroxylation is 1. The molecule has 2 aromatic carbocycles. The molecule has 162 valence electrons. The molecule has 4 rings (SSSR count). The van der Waals surface area contributed by atoms with Crippen molar-refractivity contribution in [3.63, 3.8) is 0 Å². The summed E-state index contributed by atoms with van der Waals surface area (Å²) in [5.41, 5.74) is 3.04. The summed E-state index contributed by atoms with van der Waals surface area (Å²) in [5.74, 6) is 2.48. The minimum Gasteiger partial charge on any atom is -0.490 e. The Labute approximate surface area is 182 Å². The first-order valence-electron chi connectivity index (χ1n) is 10.6. The van der Waals surface area contributed by atoms with Crippen molar-refractivity contribution < 1.29 is 18.8 Å². The van der Waals surface area contributed by atoms with Crippen LogP contribution in [0.5, 0.6) is 11.5 Å². The van der Waals surface area contributed by atoms with Crippen molar-refractivity contribution in [1.29, 1.82) is 0 Å². The fourth-order valence-electron chi connectivity index (χ4n) is 3.73. The number of hydrogen-bond acceptors (Lipinski definition) is 6. The Kier molecular flexibility index (Phi) is 6.21. The molecule has 1 amide bonds. The Hall–Kier alpha value is -3.35. The van der Waals surface area contributed by atoms with Crippen LogP contribution in [0.25, 0.3) is 11.5 Å². The first-order valence-corrected chi connectivity index (χ1v) is 10.6. The van der Waals surface area contributed by atoms with Gasteiger partial charge in [-0.2, -0.15) is 4.98 Å². The van der Waals surface area contributed by atoms with Gasteiger partial charge in [0.25, 0.3) is 5.89 Å². The predicted molar refractivity (Wildman–Crippen MR) is 116 cm³/mol. The summed E-state index contributed by atoms with van der Waals surface area (Å²) in [6, 6.07) is 13.7. The number of carbonyl (C=O) groups is 1. The Morgan fingerprint density at radius 2 is 1.81 bits per heavy atom. The molecule has 1 saturated heterocycles. The summed E-state index contributed by atoms with van der Waals surface area (Å²) in [6.07, 6.45) is 0.377. The van der Waals surface area contributed by atoms with Crippen molar-refractivity contribution in [2.75, 3.05) is 19.8 Å². The second-order valence-electron chi connectivity index (χ2n) is 7.65. The second kappa shape index (κ2) is 9.20. The lowest BCUT2D eigenvalue weighted by Crippen LogP contribution is -2.24. The van der Waals surface area contributed by atoms with Gasteiger partial charge in [-0.1, -0.05) is 28.9 Å². The van der Waals surface area contributed by atoms with Crippen molar-refractivity contribution >= 4 is 5.91 Å². The lowest BCUT2D eigenvalue weighted by Gasteiger charge is -2.18. The normalized spacial score (nSPS) is 16.0. The fraction of sp³-hybridized carbons (Fsp3) is 0.375. The lowest BCUT2D eigenvalue weighted by atomic mass is 10.1. The van der Waals surface area contributed by atoms with Gasteiger partial charge in [0.2, 0.25) is 5.91 Å². The number of amides is 1. The summed E-state index contributed by atoms with van der Waals surface area (Å²) in [6.45, 7) is 8.09. The van der Waals surface area contributed by atoms with E-state index in [1.165, 1.54) is 5.56 Å². The van der Waals surface area contributed by atoms with E-state index in [-0.39, 0.29) is 11.8 Å². The number of benzene rings is 2. The number of aromatic nitrogens is 2. The quantitative estimate of drug-likeness (QED) is 0.538. The molecule has 1 fully saturated rings. The molecule has 2 heterocycles. The summed E-state index contributed by atoms with van der Waals surface area (Å²) in [7, 11) is 0. The third-order valence-electron chi connectivity index (χ3n) is 5.30. The fourth-order valence-corrected chi connectivity index (χ4v) is 3.73. The Morgan fingerprint density at radius 3 is 2.55 bits per heavy atom. The van der Waals surface area contributed by atoms with E-state index < -0.39 is 0 Å². The highest BCUT2D eigenvalue weighted by Gasteiger charge is 2.34. The Balaban J connectivity index is 1.45. The van der Waals surface area contributed by atoms with Crippen molar-refractivity contribution in [2.45, 2.75) is 39.7 Å². The van der Waals surface area contributed by atoms with E-state index in [4.69, 9.17) is 14.0 Å². The molecule has 1 unspecified atom stereocenters. The van der Waals surface area contributed by atoms with Crippen LogP contribution in [0.1, 0.15) is 43.1 Å². The zero-order valence-electron chi connectivity index (χ0n) is 18.1. The van der Waals surface area contributed by atoms with Crippen molar-refractivity contribution in [3.8, 4) is 23.0 Å². The van der Waals surface area contributed by atoms with E-state index in [1.54, 1.807) is 0 Å². The third-order valence-corrected chi connectivity index (χ3v) is 5.30. The predicted octanol–water partition coefficient (Wildman–Crippen LogP) is 4.36. The van der Waals surface area contributed by atoms with Crippen molar-refractivity contribution in [3.05, 3.63) is 59.4 Å². The molecule has 1 atom stereocenters. The minimum atomic E-state index is -0.0792. The van der Waals surface area contributed by atoms with Crippen LogP contribution in [0, 0.1) is 6.92 Å². The highest BCUT2D eigenvalue weighted by atomic mass is 16.5. The topological polar surface area (TPSA) is 77.7 Å². The molecule has 0 radical (unpaired) electrons. The number of ether oxygens (including phenoxy) is 2. The van der Waals surface area contributed by atoms with E-state index in [9.17, 15) is 4.79 Å². The molecular formula is C24H27N3O4. The molecule has 7 nitrogen and oxygen atoms in total. The standard InChI is InChI=1S/C24H27N3O4/c1-4-29-20-11-8-17(12-21(20)30-5-2)14-27-15-19(13-22(27)28)23-25-24(31-26-23)18-9-6-16(3)7-10-18/h6-12,19H,4-5,13-15H2,1-3H3. The van der Waals surface area contributed by atoms with E-state index in [1.807, 2.05) is 68.1 Å². The highest BCUT2D eigenvalue weighted by molar-refractivity contribution is 5.79. The van der Waals surface area contributed by atoms with Crippen LogP contribution in [0.15, 0.2) is 47.0 Å². The smallest absolute Gasteiger partial charge is 0.257 e. The number of hydrogen-bond donors (Lipinski definition) is 0. The SMILES string of the molecule is CCOc1ccc(CN2CC(c3noc(-c4ccc(C)cc4)n3)CC2=O)cc1OCC. The Bertz CT molecular complexity index is 1050. The number of likely N-dealkylation sites (tertiary alicyclic amines) is 1. The van der Waals surface area contributed by atoms with Gasteiger partial charge in [-0.3, -0.25) is 4.79 Å². The van der Waals surface area contributed by atoms with Gasteiger partial charge in [0.05, 0.1) is 13.2 Å². The van der Waals surface area contributed by atoms with Gasteiger partial charge in [-0.15, -0.1) is 0 Å². The third kappa shape index (κ3) is 4.71. The average Bonchev–Trinajstić information content (AvgIpc) is 3.38. The maximum absolute atomic E-state index is 12.6. The molecule has 0 spiro atoms. The monoisotopic (exact) mass is 421 g/mol. The van der Waals surface area contributed by atoms with Gasteiger partial charge < -0.3 is 18.9 Å². The number of rotatable bonds is 8. The zero-order valence-corrected chi connectivity index (χ0v) is 18.1. The van der Waals surface area contributed by atoms with Crippen molar-refractivity contribution in [2.24, 2.45) is 0 Å². The minimum absolute atomic E-state index is 0.0792. The van der Waals surface area contributed by atoms with Gasteiger partial charge in [-0.05, 0) is 50.6 Å².